The molecule has 17 heavy (non-hydrogen) atoms. The fourth-order valence-electron chi connectivity index (χ4n) is 1.37. The SMILES string of the molecule is CC(C)N(CCN)c1nccc(C(F)(F)F)n1. The topological polar surface area (TPSA) is 55.0 Å². The van der Waals surface area contributed by atoms with Crippen LogP contribution in [0, 0.1) is 0 Å². The lowest BCUT2D eigenvalue weighted by Gasteiger charge is -2.26. The molecular weight excluding hydrogens is 233 g/mol. The number of hydrogen-bond donors (Lipinski definition) is 1. The molecule has 2 N–H and O–H groups in total. The number of nitrogens with two attached hydrogens (primary N) is 1. The van der Waals surface area contributed by atoms with Crippen LogP contribution in [0.4, 0.5) is 19.1 Å². The van der Waals surface area contributed by atoms with Gasteiger partial charge in [-0.2, -0.15) is 13.2 Å². The van der Waals surface area contributed by atoms with Gasteiger partial charge in [-0.3, -0.25) is 0 Å². The average molecular weight is 248 g/mol. The van der Waals surface area contributed by atoms with E-state index in [-0.39, 0.29) is 12.0 Å². The molecule has 0 aliphatic heterocycles. The Hall–Kier alpha value is -1.37. The van der Waals surface area contributed by atoms with Crippen molar-refractivity contribution in [1.29, 1.82) is 0 Å². The summed E-state index contributed by atoms with van der Waals surface area (Å²) in [4.78, 5) is 9.00. The zero-order valence-corrected chi connectivity index (χ0v) is 9.70. The summed E-state index contributed by atoms with van der Waals surface area (Å²) in [6.45, 7) is 4.44. The number of nitrogens with zero attached hydrogens (tertiary/aromatic N) is 3. The largest absolute Gasteiger partial charge is 0.433 e. The van der Waals surface area contributed by atoms with Gasteiger partial charge in [0.1, 0.15) is 5.69 Å². The smallest absolute Gasteiger partial charge is 0.337 e. The summed E-state index contributed by atoms with van der Waals surface area (Å²) in [5, 5.41) is 0. The zero-order chi connectivity index (χ0) is 13.1. The van der Waals surface area contributed by atoms with Crippen LogP contribution in [0.15, 0.2) is 12.3 Å². The minimum Gasteiger partial charge on any atom is -0.337 e. The van der Waals surface area contributed by atoms with Crippen LogP contribution in [0.1, 0.15) is 19.5 Å². The van der Waals surface area contributed by atoms with E-state index >= 15 is 0 Å². The van der Waals surface area contributed by atoms with Gasteiger partial charge in [0, 0.05) is 25.3 Å². The first-order chi connectivity index (χ1) is 7.86. The standard InChI is InChI=1S/C10H15F3N4/c1-7(2)17(6-4-14)9-15-5-3-8(16-9)10(11,12)13/h3,5,7H,4,6,14H2,1-2H3. The summed E-state index contributed by atoms with van der Waals surface area (Å²) in [6, 6.07) is 0.840. The Morgan fingerprint density at radius 2 is 2.06 bits per heavy atom. The van der Waals surface area contributed by atoms with Crippen molar-refractivity contribution in [2.24, 2.45) is 5.73 Å². The predicted molar refractivity (Wildman–Crippen MR) is 58.6 cm³/mol. The summed E-state index contributed by atoms with van der Waals surface area (Å²) >= 11 is 0. The van der Waals surface area contributed by atoms with E-state index in [2.05, 4.69) is 9.97 Å². The normalized spacial score (nSPS) is 11.9. The first-order valence-corrected chi connectivity index (χ1v) is 5.23. The summed E-state index contributed by atoms with van der Waals surface area (Å²) in [6.07, 6.45) is -3.35. The zero-order valence-electron chi connectivity index (χ0n) is 9.70. The molecule has 0 radical (unpaired) electrons. The first-order valence-electron chi connectivity index (χ1n) is 5.23. The second-order valence-corrected chi connectivity index (χ2v) is 3.82. The van der Waals surface area contributed by atoms with Gasteiger partial charge in [-0.15, -0.1) is 0 Å². The van der Waals surface area contributed by atoms with Crippen molar-refractivity contribution in [1.82, 2.24) is 9.97 Å². The van der Waals surface area contributed by atoms with E-state index in [9.17, 15) is 13.2 Å². The summed E-state index contributed by atoms with van der Waals surface area (Å²) < 4.78 is 37.5. The van der Waals surface area contributed by atoms with Crippen LogP contribution < -0.4 is 10.6 Å². The predicted octanol–water partition coefficient (Wildman–Crippen LogP) is 1.67. The molecule has 1 heterocycles. The Labute approximate surface area is 97.7 Å². The molecule has 7 heteroatoms. The van der Waals surface area contributed by atoms with Gasteiger partial charge in [0.25, 0.3) is 0 Å². The number of aromatic nitrogens is 2. The van der Waals surface area contributed by atoms with Crippen molar-refractivity contribution in [3.63, 3.8) is 0 Å². The Balaban J connectivity index is 3.04. The maximum atomic E-state index is 12.5. The lowest BCUT2D eigenvalue weighted by atomic mass is 10.3. The van der Waals surface area contributed by atoms with Gasteiger partial charge in [-0.05, 0) is 19.9 Å². The van der Waals surface area contributed by atoms with Crippen LogP contribution >= 0.6 is 0 Å². The lowest BCUT2D eigenvalue weighted by Crippen LogP contribution is -2.37. The molecule has 0 aliphatic rings. The molecular formula is C10H15F3N4. The third kappa shape index (κ3) is 3.55. The van der Waals surface area contributed by atoms with Crippen molar-refractivity contribution in [2.75, 3.05) is 18.0 Å². The number of halogens is 3. The van der Waals surface area contributed by atoms with Crippen molar-refractivity contribution in [3.05, 3.63) is 18.0 Å². The molecule has 0 saturated heterocycles. The van der Waals surface area contributed by atoms with E-state index in [1.165, 1.54) is 0 Å². The quantitative estimate of drug-likeness (QED) is 0.880. The number of hydrogen-bond acceptors (Lipinski definition) is 4. The van der Waals surface area contributed by atoms with Crippen molar-refractivity contribution >= 4 is 5.95 Å². The van der Waals surface area contributed by atoms with Gasteiger partial charge < -0.3 is 10.6 Å². The van der Waals surface area contributed by atoms with Crippen LogP contribution in [0.3, 0.4) is 0 Å². The van der Waals surface area contributed by atoms with Crippen molar-refractivity contribution in [3.8, 4) is 0 Å². The van der Waals surface area contributed by atoms with E-state index in [4.69, 9.17) is 5.73 Å². The molecule has 4 nitrogen and oxygen atoms in total. The third-order valence-electron chi connectivity index (χ3n) is 2.18. The second kappa shape index (κ2) is 5.31. The van der Waals surface area contributed by atoms with E-state index in [0.29, 0.717) is 13.1 Å². The lowest BCUT2D eigenvalue weighted by molar-refractivity contribution is -0.141. The molecule has 0 bridgehead atoms. The maximum Gasteiger partial charge on any atom is 0.433 e. The van der Waals surface area contributed by atoms with E-state index in [1.807, 2.05) is 13.8 Å². The van der Waals surface area contributed by atoms with Gasteiger partial charge in [0.15, 0.2) is 0 Å². The van der Waals surface area contributed by atoms with E-state index in [0.717, 1.165) is 12.3 Å². The summed E-state index contributed by atoms with van der Waals surface area (Å²) in [5.41, 5.74) is 4.47. The molecule has 0 aromatic carbocycles. The van der Waals surface area contributed by atoms with Gasteiger partial charge in [0.2, 0.25) is 5.95 Å². The highest BCUT2D eigenvalue weighted by Crippen LogP contribution is 2.28. The highest BCUT2D eigenvalue weighted by molar-refractivity contribution is 5.32. The summed E-state index contributed by atoms with van der Waals surface area (Å²) in [5.74, 6) is 0.0558. The molecule has 0 amide bonds. The molecule has 0 aliphatic carbocycles. The minimum atomic E-state index is -4.46. The highest BCUT2D eigenvalue weighted by Gasteiger charge is 2.33. The molecule has 1 rings (SSSR count). The second-order valence-electron chi connectivity index (χ2n) is 3.82. The van der Waals surface area contributed by atoms with Crippen molar-refractivity contribution < 1.29 is 13.2 Å². The number of alkyl halides is 3. The summed E-state index contributed by atoms with van der Waals surface area (Å²) in [7, 11) is 0. The van der Waals surface area contributed by atoms with Gasteiger partial charge in [-0.25, -0.2) is 9.97 Å². The van der Waals surface area contributed by atoms with Crippen molar-refractivity contribution in [2.45, 2.75) is 26.1 Å². The Morgan fingerprint density at radius 3 is 2.53 bits per heavy atom. The Kier molecular flexibility index (Phi) is 4.28. The highest BCUT2D eigenvalue weighted by atomic mass is 19.4. The minimum absolute atomic E-state index is 0.0120. The van der Waals surface area contributed by atoms with E-state index in [1.54, 1.807) is 4.90 Å². The van der Waals surface area contributed by atoms with Crippen LogP contribution in [-0.4, -0.2) is 29.1 Å². The first kappa shape index (κ1) is 13.7. The molecule has 1 aromatic rings. The molecule has 0 atom stereocenters. The van der Waals surface area contributed by atoms with Crippen LogP contribution in [-0.2, 0) is 6.18 Å². The number of anilines is 1. The Bertz CT molecular complexity index is 365. The molecule has 0 fully saturated rings. The monoisotopic (exact) mass is 248 g/mol. The molecule has 1 aromatic heterocycles. The van der Waals surface area contributed by atoms with Gasteiger partial charge in [-0.1, -0.05) is 0 Å². The fraction of sp³-hybridized carbons (Fsp3) is 0.600. The van der Waals surface area contributed by atoms with Crippen LogP contribution in [0.5, 0.6) is 0 Å². The van der Waals surface area contributed by atoms with E-state index < -0.39 is 11.9 Å². The third-order valence-corrected chi connectivity index (χ3v) is 2.18. The van der Waals surface area contributed by atoms with Crippen LogP contribution in [0.2, 0.25) is 0 Å². The van der Waals surface area contributed by atoms with Gasteiger partial charge >= 0.3 is 6.18 Å². The Morgan fingerprint density at radius 1 is 1.41 bits per heavy atom. The molecule has 96 valence electrons. The fourth-order valence-corrected chi connectivity index (χ4v) is 1.37. The van der Waals surface area contributed by atoms with Gasteiger partial charge in [0.05, 0.1) is 0 Å². The molecule has 0 spiro atoms. The average Bonchev–Trinajstić information content (AvgIpc) is 2.24. The van der Waals surface area contributed by atoms with Crippen LogP contribution in [0.25, 0.3) is 0 Å². The molecule has 0 saturated carbocycles. The number of rotatable bonds is 4. The molecule has 0 unspecified atom stereocenters. The maximum absolute atomic E-state index is 12.5.